The number of phosphoric ester groups is 1. The van der Waals surface area contributed by atoms with Crippen LogP contribution in [0.5, 0.6) is 0 Å². The Morgan fingerprint density at radius 3 is 2.45 bits per heavy atom. The van der Waals surface area contributed by atoms with Crippen LogP contribution in [0, 0.1) is 5.92 Å². The summed E-state index contributed by atoms with van der Waals surface area (Å²) in [7, 11) is -16.4. The summed E-state index contributed by atoms with van der Waals surface area (Å²) >= 11 is 0. The van der Waals surface area contributed by atoms with E-state index in [0.29, 0.717) is 5.65 Å². The quantitative estimate of drug-likeness (QED) is 0.329. The second-order valence-corrected chi connectivity index (χ2v) is 10.4. The van der Waals surface area contributed by atoms with Crippen molar-refractivity contribution in [2.24, 2.45) is 5.92 Å². The number of nitrogens with two attached hydrogens (primary N) is 1. The van der Waals surface area contributed by atoms with Crippen molar-refractivity contribution in [1.29, 1.82) is 0 Å². The van der Waals surface area contributed by atoms with Gasteiger partial charge in [0, 0.05) is 5.92 Å². The topological polar surface area (TPSA) is 229 Å². The maximum atomic E-state index is 14.5. The molecule has 0 radical (unpaired) electrons. The van der Waals surface area contributed by atoms with Crippen molar-refractivity contribution in [2.75, 3.05) is 12.3 Å². The van der Waals surface area contributed by atoms with Crippen LogP contribution in [0.3, 0.4) is 0 Å². The second kappa shape index (κ2) is 7.75. The molecule has 2 aromatic rings. The van der Waals surface area contributed by atoms with Crippen molar-refractivity contribution < 1.29 is 50.8 Å². The highest BCUT2D eigenvalue weighted by Gasteiger charge is 2.46. The summed E-state index contributed by atoms with van der Waals surface area (Å²) in [5.41, 5.74) is 6.25. The average Bonchev–Trinajstić information content (AvgIpc) is 2.95. The Morgan fingerprint density at radius 1 is 1.14 bits per heavy atom. The normalized spacial score (nSPS) is 26.6. The molecule has 0 saturated heterocycles. The fourth-order valence-corrected chi connectivity index (χ4v) is 5.80. The van der Waals surface area contributed by atoms with Gasteiger partial charge in [-0.2, -0.15) is 8.62 Å². The number of alkyl halides is 1. The largest absolute Gasteiger partial charge is 0.490 e. The molecule has 0 aliphatic heterocycles. The van der Waals surface area contributed by atoms with Gasteiger partial charge in [-0.05, 0) is 6.42 Å². The van der Waals surface area contributed by atoms with E-state index in [9.17, 15) is 23.0 Å². The highest BCUT2D eigenvalue weighted by molar-refractivity contribution is 7.66. The highest BCUT2D eigenvalue weighted by Crippen LogP contribution is 2.66. The first kappa shape index (κ1) is 22.4. The number of phosphoric acid groups is 3. The Hall–Kier alpha value is -1.31. The molecule has 162 valence electrons. The standard InChI is InChI=1S/C10H15FN5O10P3/c11-7-5(2-24-28(20,21)26-29(22,23)25-27(17,18)19)1-6(7)16-4-15-8-9(12)13-3-14-10(8)16/h3-7H,1-2H2,(H,20,21)(H,22,23)(H2,12,13,14)(H2,17,18,19)/t5-,6-,7-/m1/s1. The first-order chi connectivity index (χ1) is 13.3. The van der Waals surface area contributed by atoms with Gasteiger partial charge >= 0.3 is 23.5 Å². The molecule has 19 heteroatoms. The summed E-state index contributed by atoms with van der Waals surface area (Å²) < 4.78 is 61.0. The number of halogens is 1. The van der Waals surface area contributed by atoms with Gasteiger partial charge in [0.1, 0.15) is 18.0 Å². The van der Waals surface area contributed by atoms with Crippen molar-refractivity contribution in [1.82, 2.24) is 19.5 Å². The van der Waals surface area contributed by atoms with Gasteiger partial charge in [-0.3, -0.25) is 4.52 Å². The van der Waals surface area contributed by atoms with Crippen LogP contribution in [0.25, 0.3) is 11.2 Å². The van der Waals surface area contributed by atoms with Gasteiger partial charge in [0.2, 0.25) is 0 Å². The van der Waals surface area contributed by atoms with Crippen molar-refractivity contribution in [3.63, 3.8) is 0 Å². The summed E-state index contributed by atoms with van der Waals surface area (Å²) in [5.74, 6) is -0.769. The maximum absolute atomic E-state index is 14.5. The van der Waals surface area contributed by atoms with Gasteiger partial charge in [0.15, 0.2) is 11.5 Å². The van der Waals surface area contributed by atoms with Crippen molar-refractivity contribution in [3.8, 4) is 0 Å². The first-order valence-corrected chi connectivity index (χ1v) is 12.2. The SMILES string of the molecule is Nc1ncnc2c1ncn2[C@@H]1C[C@H](COP(=O)(O)OP(=O)(O)OP(=O)(O)O)[C@H]1F. The minimum Gasteiger partial charge on any atom is -0.382 e. The molecule has 0 spiro atoms. The second-order valence-electron chi connectivity index (χ2n) is 5.98. The van der Waals surface area contributed by atoms with Crippen LogP contribution in [-0.2, 0) is 26.8 Å². The van der Waals surface area contributed by atoms with E-state index in [1.54, 1.807) is 0 Å². The highest BCUT2D eigenvalue weighted by atomic mass is 31.3. The van der Waals surface area contributed by atoms with Crippen LogP contribution < -0.4 is 5.73 Å². The van der Waals surface area contributed by atoms with Crippen LogP contribution in [-0.4, -0.2) is 51.9 Å². The number of nitrogens with zero attached hydrogens (tertiary/aromatic N) is 4. The Morgan fingerprint density at radius 2 is 1.83 bits per heavy atom. The van der Waals surface area contributed by atoms with E-state index in [1.165, 1.54) is 17.2 Å². The third-order valence-corrected chi connectivity index (χ3v) is 7.78. The molecule has 5 atom stereocenters. The van der Waals surface area contributed by atoms with E-state index in [2.05, 4.69) is 28.1 Å². The van der Waals surface area contributed by atoms with Crippen molar-refractivity contribution in [3.05, 3.63) is 12.7 Å². The van der Waals surface area contributed by atoms with Gasteiger partial charge in [0.05, 0.1) is 19.0 Å². The van der Waals surface area contributed by atoms with Gasteiger partial charge in [-0.15, -0.1) is 0 Å². The van der Waals surface area contributed by atoms with Gasteiger partial charge in [-0.25, -0.2) is 33.0 Å². The number of nitrogen functional groups attached to an aromatic ring is 1. The summed E-state index contributed by atoms with van der Waals surface area (Å²) in [5, 5.41) is 0. The molecular weight excluding hydrogens is 462 g/mol. The lowest BCUT2D eigenvalue weighted by Crippen LogP contribution is -2.42. The summed E-state index contributed by atoms with van der Waals surface area (Å²) in [4.78, 5) is 47.1. The smallest absolute Gasteiger partial charge is 0.382 e. The fraction of sp³-hybridized carbons (Fsp3) is 0.500. The van der Waals surface area contributed by atoms with E-state index >= 15 is 0 Å². The van der Waals surface area contributed by atoms with Gasteiger partial charge < -0.3 is 29.9 Å². The maximum Gasteiger partial charge on any atom is 0.490 e. The van der Waals surface area contributed by atoms with E-state index < -0.39 is 48.2 Å². The molecule has 2 unspecified atom stereocenters. The molecule has 3 rings (SSSR count). The minimum absolute atomic E-state index is 0.118. The number of fused-ring (bicyclic) bond motifs is 1. The number of rotatable bonds is 8. The number of hydrogen-bond acceptors (Lipinski definition) is 10. The molecular formula is C10H15FN5O10P3. The molecule has 1 aliphatic carbocycles. The molecule has 1 fully saturated rings. The van der Waals surface area contributed by atoms with Crippen LogP contribution in [0.4, 0.5) is 10.2 Å². The molecule has 2 heterocycles. The summed E-state index contributed by atoms with van der Waals surface area (Å²) in [6.07, 6.45) is 1.09. The van der Waals surface area contributed by atoms with E-state index in [-0.39, 0.29) is 17.8 Å². The molecule has 0 aromatic carbocycles. The lowest BCUT2D eigenvalue weighted by molar-refractivity contribution is 0.00295. The molecule has 0 amide bonds. The van der Waals surface area contributed by atoms with Crippen molar-refractivity contribution >= 4 is 40.4 Å². The number of imidazole rings is 1. The van der Waals surface area contributed by atoms with Gasteiger partial charge in [-0.1, -0.05) is 0 Å². The lowest BCUT2D eigenvalue weighted by atomic mass is 9.78. The van der Waals surface area contributed by atoms with Crippen LogP contribution in [0.15, 0.2) is 12.7 Å². The molecule has 1 aliphatic rings. The van der Waals surface area contributed by atoms with E-state index in [0.717, 1.165) is 0 Å². The molecule has 29 heavy (non-hydrogen) atoms. The Bertz CT molecular complexity index is 1060. The Labute approximate surface area is 161 Å². The van der Waals surface area contributed by atoms with Gasteiger partial charge in [0.25, 0.3) is 0 Å². The van der Waals surface area contributed by atoms with Crippen molar-refractivity contribution in [2.45, 2.75) is 18.6 Å². The fourth-order valence-electron chi connectivity index (χ4n) is 2.72. The lowest BCUT2D eigenvalue weighted by Gasteiger charge is -2.40. The molecule has 1 saturated carbocycles. The summed E-state index contributed by atoms with van der Waals surface area (Å²) in [6.45, 7) is -0.689. The molecule has 15 nitrogen and oxygen atoms in total. The van der Waals surface area contributed by atoms with Crippen LogP contribution in [0.1, 0.15) is 12.5 Å². The molecule has 0 bridgehead atoms. The minimum atomic E-state index is -5.62. The zero-order valence-electron chi connectivity index (χ0n) is 14.1. The zero-order valence-corrected chi connectivity index (χ0v) is 16.8. The van der Waals surface area contributed by atoms with Crippen LogP contribution in [0.2, 0.25) is 0 Å². The predicted octanol–water partition coefficient (Wildman–Crippen LogP) is 0.651. The number of aromatic nitrogens is 4. The monoisotopic (exact) mass is 477 g/mol. The Kier molecular flexibility index (Phi) is 5.98. The molecule has 6 N–H and O–H groups in total. The first-order valence-electron chi connectivity index (χ1n) is 7.63. The zero-order chi connectivity index (χ0) is 21.6. The third kappa shape index (κ3) is 5.25. The average molecular weight is 477 g/mol. The van der Waals surface area contributed by atoms with E-state index in [1.807, 2.05) is 0 Å². The van der Waals surface area contributed by atoms with Crippen LogP contribution >= 0.6 is 23.5 Å². The third-order valence-electron chi connectivity index (χ3n) is 3.97. The molecule has 2 aromatic heterocycles. The summed E-state index contributed by atoms with van der Waals surface area (Å²) in [6, 6.07) is -0.719. The number of hydrogen-bond donors (Lipinski definition) is 5. The number of anilines is 1. The van der Waals surface area contributed by atoms with E-state index in [4.69, 9.17) is 20.4 Å². The Balaban J connectivity index is 1.59. The predicted molar refractivity (Wildman–Crippen MR) is 91.6 cm³/mol.